The van der Waals surface area contributed by atoms with E-state index in [4.69, 9.17) is 10.4 Å². The maximum Gasteiger partial charge on any atom is 0.331 e. The van der Waals surface area contributed by atoms with Crippen molar-refractivity contribution in [1.82, 2.24) is 4.89 Å². The van der Waals surface area contributed by atoms with E-state index >= 15 is 0 Å². The highest BCUT2D eigenvalue weighted by molar-refractivity contribution is 7.89. The molecule has 18 heavy (non-hydrogen) atoms. The summed E-state index contributed by atoms with van der Waals surface area (Å²) in [6.07, 6.45) is 0.184. The molecular formula is C10H10N2O5S. The first-order chi connectivity index (χ1) is 8.45. The fraction of sp³-hybridized carbons (Fsp3) is 0.200. The minimum Gasteiger partial charge on any atom is -0.479 e. The van der Waals surface area contributed by atoms with Crippen LogP contribution in [0.5, 0.6) is 0 Å². The van der Waals surface area contributed by atoms with Gasteiger partial charge >= 0.3 is 5.97 Å². The predicted molar refractivity (Wildman–Crippen MR) is 59.7 cm³/mol. The minimum absolute atomic E-state index is 0.0745. The maximum atomic E-state index is 11.6. The molecule has 0 aliphatic carbocycles. The van der Waals surface area contributed by atoms with Gasteiger partial charge in [0.15, 0.2) is 6.61 Å². The lowest BCUT2D eigenvalue weighted by Gasteiger charge is -2.05. The summed E-state index contributed by atoms with van der Waals surface area (Å²) in [6, 6.07) is 7.53. The molecule has 0 aliphatic heterocycles. The Kier molecular flexibility index (Phi) is 4.79. The second-order valence-electron chi connectivity index (χ2n) is 3.25. The molecule has 0 unspecified atom stereocenters. The zero-order valence-corrected chi connectivity index (χ0v) is 9.98. The number of carbonyl (C=O) groups is 1. The summed E-state index contributed by atoms with van der Waals surface area (Å²) in [4.78, 5) is 16.1. The predicted octanol–water partition coefficient (Wildman–Crippen LogP) is 0.0472. The van der Waals surface area contributed by atoms with Crippen molar-refractivity contribution >= 4 is 16.0 Å². The lowest BCUT2D eigenvalue weighted by Crippen LogP contribution is -2.26. The first-order valence-corrected chi connectivity index (χ1v) is 6.25. The molecule has 0 spiro atoms. The summed E-state index contributed by atoms with van der Waals surface area (Å²) in [5.74, 6) is -1.29. The molecule has 7 nitrogen and oxygen atoms in total. The van der Waals surface area contributed by atoms with Gasteiger partial charge in [0, 0.05) is 0 Å². The zero-order chi connectivity index (χ0) is 13.6. The van der Waals surface area contributed by atoms with Crippen LogP contribution in [0.15, 0.2) is 29.2 Å². The van der Waals surface area contributed by atoms with Gasteiger partial charge in [0.05, 0.1) is 17.4 Å². The van der Waals surface area contributed by atoms with E-state index in [9.17, 15) is 13.2 Å². The van der Waals surface area contributed by atoms with E-state index in [2.05, 4.69) is 4.84 Å². The topological polar surface area (TPSA) is 116 Å². The van der Waals surface area contributed by atoms with Gasteiger partial charge < -0.3 is 5.11 Å². The molecule has 0 fully saturated rings. The van der Waals surface area contributed by atoms with Crippen molar-refractivity contribution in [2.45, 2.75) is 11.3 Å². The van der Waals surface area contributed by atoms with E-state index in [1.165, 1.54) is 24.3 Å². The van der Waals surface area contributed by atoms with Crippen LogP contribution >= 0.6 is 0 Å². The van der Waals surface area contributed by atoms with Crippen LogP contribution in [0.25, 0.3) is 0 Å². The van der Waals surface area contributed by atoms with E-state index in [0.29, 0.717) is 5.56 Å². The summed E-state index contributed by atoms with van der Waals surface area (Å²) in [5, 5.41) is 16.7. The number of aliphatic carboxylic acids is 1. The molecule has 0 bridgehead atoms. The number of benzene rings is 1. The first-order valence-electron chi connectivity index (χ1n) is 4.77. The van der Waals surface area contributed by atoms with Crippen LogP contribution in [0, 0.1) is 11.3 Å². The van der Waals surface area contributed by atoms with Gasteiger partial charge in [-0.15, -0.1) is 0 Å². The second-order valence-corrected chi connectivity index (χ2v) is 4.89. The highest BCUT2D eigenvalue weighted by Crippen LogP contribution is 2.10. The van der Waals surface area contributed by atoms with E-state index in [1.54, 1.807) is 4.89 Å². The Morgan fingerprint density at radius 2 is 2.00 bits per heavy atom. The lowest BCUT2D eigenvalue weighted by molar-refractivity contribution is -0.143. The van der Waals surface area contributed by atoms with E-state index in [-0.39, 0.29) is 11.3 Å². The standard InChI is InChI=1S/C10H10N2O5S/c11-6-5-8-1-3-9(4-2-8)18(15,16)12-17-7-10(13)14/h1-4,12H,5,7H2,(H,13,14). The molecule has 2 N–H and O–H groups in total. The second kappa shape index (κ2) is 6.11. The van der Waals surface area contributed by atoms with Crippen LogP contribution in [0.1, 0.15) is 5.56 Å². The quantitative estimate of drug-likeness (QED) is 0.705. The maximum absolute atomic E-state index is 11.6. The Bertz CT molecular complexity index is 559. The van der Waals surface area contributed by atoms with Gasteiger partial charge in [-0.05, 0) is 17.7 Å². The van der Waals surface area contributed by atoms with Gasteiger partial charge in [0.25, 0.3) is 10.0 Å². The Balaban J connectivity index is 2.73. The summed E-state index contributed by atoms with van der Waals surface area (Å²) >= 11 is 0. The third-order valence-corrected chi connectivity index (χ3v) is 3.11. The Hall–Kier alpha value is -1.95. The average molecular weight is 270 g/mol. The van der Waals surface area contributed by atoms with Crippen LogP contribution in [0.2, 0.25) is 0 Å². The van der Waals surface area contributed by atoms with Gasteiger partial charge in [0.2, 0.25) is 0 Å². The summed E-state index contributed by atoms with van der Waals surface area (Å²) in [5.41, 5.74) is 0.683. The molecule has 1 aromatic carbocycles. The van der Waals surface area contributed by atoms with Crippen molar-refractivity contribution in [2.24, 2.45) is 0 Å². The number of nitriles is 1. The van der Waals surface area contributed by atoms with Crippen molar-refractivity contribution in [3.05, 3.63) is 29.8 Å². The molecule has 0 saturated carbocycles. The third-order valence-electron chi connectivity index (χ3n) is 1.88. The SMILES string of the molecule is N#CCc1ccc(S(=O)(=O)NOCC(=O)O)cc1. The first kappa shape index (κ1) is 14.1. The highest BCUT2D eigenvalue weighted by atomic mass is 32.2. The number of sulfonamides is 1. The van der Waals surface area contributed by atoms with Gasteiger partial charge in [-0.3, -0.25) is 4.84 Å². The molecule has 0 heterocycles. The van der Waals surface area contributed by atoms with E-state index < -0.39 is 22.6 Å². The largest absolute Gasteiger partial charge is 0.479 e. The van der Waals surface area contributed by atoms with Crippen molar-refractivity contribution < 1.29 is 23.2 Å². The number of carboxylic acid groups (broad SMARTS) is 1. The lowest BCUT2D eigenvalue weighted by atomic mass is 10.2. The number of hydrogen-bond donors (Lipinski definition) is 2. The Morgan fingerprint density at radius 3 is 2.50 bits per heavy atom. The van der Waals surface area contributed by atoms with Crippen molar-refractivity contribution in [2.75, 3.05) is 6.61 Å². The molecule has 96 valence electrons. The van der Waals surface area contributed by atoms with Crippen LogP contribution in [0.4, 0.5) is 0 Å². The molecule has 1 aromatic rings. The van der Waals surface area contributed by atoms with Gasteiger partial charge in [-0.1, -0.05) is 17.0 Å². The zero-order valence-electron chi connectivity index (χ0n) is 9.16. The number of nitrogens with zero attached hydrogens (tertiary/aromatic N) is 1. The number of carboxylic acids is 1. The number of hydrogen-bond acceptors (Lipinski definition) is 5. The molecule has 0 radical (unpaired) electrons. The fourth-order valence-corrected chi connectivity index (χ4v) is 1.90. The van der Waals surface area contributed by atoms with Crippen LogP contribution in [0.3, 0.4) is 0 Å². The van der Waals surface area contributed by atoms with Gasteiger partial charge in [-0.25, -0.2) is 13.2 Å². The summed E-state index contributed by atoms with van der Waals surface area (Å²) < 4.78 is 23.2. The van der Waals surface area contributed by atoms with Gasteiger partial charge in [0.1, 0.15) is 0 Å². The third kappa shape index (κ3) is 4.14. The Morgan fingerprint density at radius 1 is 1.39 bits per heavy atom. The molecule has 0 atom stereocenters. The molecule has 1 rings (SSSR count). The average Bonchev–Trinajstić information content (AvgIpc) is 2.29. The fourth-order valence-electron chi connectivity index (χ4n) is 1.09. The number of nitrogens with one attached hydrogen (secondary N) is 1. The summed E-state index contributed by atoms with van der Waals surface area (Å²) in [6.45, 7) is -0.772. The molecular weight excluding hydrogens is 260 g/mol. The molecule has 8 heteroatoms. The monoisotopic (exact) mass is 270 g/mol. The molecule has 0 aliphatic rings. The molecule has 0 amide bonds. The van der Waals surface area contributed by atoms with Crippen LogP contribution in [-0.2, 0) is 26.1 Å². The minimum atomic E-state index is -3.91. The van der Waals surface area contributed by atoms with E-state index in [0.717, 1.165) is 0 Å². The van der Waals surface area contributed by atoms with Gasteiger partial charge in [-0.2, -0.15) is 5.26 Å². The van der Waals surface area contributed by atoms with Crippen molar-refractivity contribution in [3.63, 3.8) is 0 Å². The summed E-state index contributed by atoms with van der Waals surface area (Å²) in [7, 11) is -3.91. The number of rotatable bonds is 6. The highest BCUT2D eigenvalue weighted by Gasteiger charge is 2.14. The van der Waals surface area contributed by atoms with Crippen molar-refractivity contribution in [3.8, 4) is 6.07 Å². The van der Waals surface area contributed by atoms with Crippen molar-refractivity contribution in [1.29, 1.82) is 5.26 Å². The van der Waals surface area contributed by atoms with Crippen LogP contribution in [-0.4, -0.2) is 26.1 Å². The normalized spacial score (nSPS) is 10.8. The molecule has 0 aromatic heterocycles. The van der Waals surface area contributed by atoms with E-state index in [1.807, 2.05) is 6.07 Å². The Labute approximate surface area is 104 Å². The molecule has 0 saturated heterocycles. The smallest absolute Gasteiger partial charge is 0.331 e. The van der Waals surface area contributed by atoms with Crippen LogP contribution < -0.4 is 4.89 Å².